The summed E-state index contributed by atoms with van der Waals surface area (Å²) in [6.45, 7) is 3.59. The minimum Gasteiger partial charge on any atom is -0.336 e. The van der Waals surface area contributed by atoms with Gasteiger partial charge in [-0.3, -0.25) is 14.6 Å². The summed E-state index contributed by atoms with van der Waals surface area (Å²) in [4.78, 5) is 34.1. The molecule has 15 heteroatoms. The van der Waals surface area contributed by atoms with E-state index in [0.29, 0.717) is 9.93 Å². The van der Waals surface area contributed by atoms with Crippen LogP contribution in [0.1, 0.15) is 22.5 Å². The van der Waals surface area contributed by atoms with E-state index in [1.165, 1.54) is 29.5 Å². The highest BCUT2D eigenvalue weighted by atomic mass is 79.9. The van der Waals surface area contributed by atoms with Crippen molar-refractivity contribution in [2.24, 2.45) is 14.1 Å². The highest BCUT2D eigenvalue weighted by molar-refractivity contribution is 9.08. The summed E-state index contributed by atoms with van der Waals surface area (Å²) >= 11 is 9.57. The van der Waals surface area contributed by atoms with Crippen molar-refractivity contribution in [2.75, 3.05) is 0 Å². The van der Waals surface area contributed by atoms with Gasteiger partial charge in [-0.15, -0.1) is 10.2 Å². The number of nitrogens with one attached hydrogen (secondary N) is 3. The van der Waals surface area contributed by atoms with Crippen molar-refractivity contribution in [2.45, 2.75) is 30.1 Å². The van der Waals surface area contributed by atoms with Crippen molar-refractivity contribution in [1.29, 1.82) is 0 Å². The van der Waals surface area contributed by atoms with Gasteiger partial charge in [-0.05, 0) is 61.5 Å². The first kappa shape index (κ1) is 30.0. The predicted molar refractivity (Wildman–Crippen MR) is 166 cm³/mol. The molecule has 0 atom stereocenters. The molecule has 0 spiro atoms. The van der Waals surface area contributed by atoms with E-state index in [2.05, 4.69) is 74.8 Å². The molecule has 4 aromatic heterocycles. The molecular weight excluding hydrogens is 628 g/mol. The summed E-state index contributed by atoms with van der Waals surface area (Å²) in [7, 11) is 3.76. The lowest BCUT2D eigenvalue weighted by molar-refractivity contribution is 0.736. The lowest BCUT2D eigenvalue weighted by atomic mass is 10.2. The molecule has 0 bridgehead atoms. The molecule has 0 aliphatic carbocycles. The van der Waals surface area contributed by atoms with E-state index < -0.39 is 0 Å². The molecule has 212 valence electrons. The normalized spacial score (nSPS) is 10.7. The third-order valence-electron chi connectivity index (χ3n) is 5.62. The zero-order chi connectivity index (χ0) is 29.5. The molecule has 41 heavy (non-hydrogen) atoms. The summed E-state index contributed by atoms with van der Waals surface area (Å²) in [5.74, 6) is 0.721. The van der Waals surface area contributed by atoms with Crippen LogP contribution < -0.4 is 11.1 Å². The molecule has 0 saturated carbocycles. The van der Waals surface area contributed by atoms with Gasteiger partial charge < -0.3 is 9.97 Å². The van der Waals surface area contributed by atoms with Gasteiger partial charge in [0.15, 0.2) is 9.93 Å². The number of aromatic nitrogens is 10. The molecule has 12 nitrogen and oxygen atoms in total. The highest BCUT2D eigenvalue weighted by Gasteiger charge is 2.05. The standard InChI is InChI=1S/C13H13N5OS.C8H8BrN3.C5H6N2OS/c1-8-5-12(19)15-13(14-8)20-7-9-3-4-11-10(6-9)16-17-18(11)2;1-12-8-3-2-6(5-9)4-7(8)10-11-12;1-3-2-4(8)7-5(9)6-3/h3-6H,7H2,1-2H3,(H,14,15,19);2-4H,5H2,1H3;2H,1H3,(H2,6,7,8,9). The summed E-state index contributed by atoms with van der Waals surface area (Å²) in [6, 6.07) is 15.1. The molecule has 6 rings (SSSR count). The number of hydrogen-bond donors (Lipinski definition) is 3. The summed E-state index contributed by atoms with van der Waals surface area (Å²) < 4.78 is 3.89. The fraction of sp³-hybridized carbons (Fsp3) is 0.231. The maximum Gasteiger partial charge on any atom is 0.251 e. The van der Waals surface area contributed by atoms with Gasteiger partial charge in [-0.25, -0.2) is 14.3 Å². The summed E-state index contributed by atoms with van der Waals surface area (Å²) in [5, 5.41) is 17.5. The third-order valence-corrected chi connectivity index (χ3v) is 7.42. The number of alkyl halides is 1. The largest absolute Gasteiger partial charge is 0.336 e. The van der Waals surface area contributed by atoms with Gasteiger partial charge in [0, 0.05) is 48.7 Å². The third kappa shape index (κ3) is 8.28. The molecule has 0 aliphatic heterocycles. The first-order chi connectivity index (χ1) is 19.6. The Hall–Kier alpha value is -3.95. The number of hydrogen-bond acceptors (Lipinski definition) is 9. The molecular formula is C26H27BrN10O2S2. The predicted octanol–water partition coefficient (Wildman–Crippen LogP) is 4.26. The van der Waals surface area contributed by atoms with Gasteiger partial charge in [0.2, 0.25) is 0 Å². The Labute approximate surface area is 251 Å². The van der Waals surface area contributed by atoms with Crippen molar-refractivity contribution in [3.8, 4) is 0 Å². The number of aromatic amines is 3. The van der Waals surface area contributed by atoms with Gasteiger partial charge in [-0.2, -0.15) is 0 Å². The Bertz CT molecular complexity index is 1950. The van der Waals surface area contributed by atoms with Crippen molar-refractivity contribution < 1.29 is 0 Å². The lowest BCUT2D eigenvalue weighted by Crippen LogP contribution is -2.08. The monoisotopic (exact) mass is 654 g/mol. The molecule has 0 amide bonds. The highest BCUT2D eigenvalue weighted by Crippen LogP contribution is 2.21. The smallest absolute Gasteiger partial charge is 0.251 e. The van der Waals surface area contributed by atoms with Crippen LogP contribution in [0.25, 0.3) is 22.1 Å². The molecule has 0 fully saturated rings. The maximum absolute atomic E-state index is 11.4. The minimum atomic E-state index is -0.156. The molecule has 3 N–H and O–H groups in total. The molecule has 0 radical (unpaired) electrons. The van der Waals surface area contributed by atoms with Gasteiger partial charge in [0.1, 0.15) is 11.0 Å². The zero-order valence-electron chi connectivity index (χ0n) is 22.7. The first-order valence-corrected chi connectivity index (χ1v) is 14.8. The Kier molecular flexibility index (Phi) is 9.96. The average Bonchev–Trinajstić information content (AvgIpc) is 3.48. The second kappa shape index (κ2) is 13.6. The van der Waals surface area contributed by atoms with Crippen molar-refractivity contribution in [3.63, 3.8) is 0 Å². The number of rotatable bonds is 4. The number of aryl methyl sites for hydroxylation is 4. The van der Waals surface area contributed by atoms with Gasteiger partial charge >= 0.3 is 0 Å². The van der Waals surface area contributed by atoms with Crippen LogP contribution in [-0.2, 0) is 25.2 Å². The van der Waals surface area contributed by atoms with E-state index in [1.54, 1.807) is 16.3 Å². The molecule has 0 unspecified atom stereocenters. The van der Waals surface area contributed by atoms with Gasteiger partial charge in [0.25, 0.3) is 11.1 Å². The average molecular weight is 656 g/mol. The van der Waals surface area contributed by atoms with Gasteiger partial charge in [0.05, 0.1) is 11.0 Å². The van der Waals surface area contributed by atoms with E-state index in [9.17, 15) is 9.59 Å². The van der Waals surface area contributed by atoms with Crippen molar-refractivity contribution in [3.05, 3.63) is 96.5 Å². The first-order valence-electron chi connectivity index (χ1n) is 12.2. The minimum absolute atomic E-state index is 0.121. The molecule has 0 saturated heterocycles. The number of thioether (sulfide) groups is 1. The van der Waals surface area contributed by atoms with E-state index in [1.807, 2.05) is 51.4 Å². The second-order valence-corrected chi connectivity index (χ2v) is 10.9. The van der Waals surface area contributed by atoms with E-state index in [0.717, 1.165) is 50.1 Å². The molecule has 0 aliphatic rings. The van der Waals surface area contributed by atoms with Crippen LogP contribution >= 0.6 is 39.9 Å². The zero-order valence-corrected chi connectivity index (χ0v) is 25.9. The Morgan fingerprint density at radius 3 is 1.98 bits per heavy atom. The molecule has 6 aromatic rings. The van der Waals surface area contributed by atoms with Crippen LogP contribution in [0.2, 0.25) is 0 Å². The number of H-pyrrole nitrogens is 3. The van der Waals surface area contributed by atoms with E-state index in [-0.39, 0.29) is 11.1 Å². The maximum atomic E-state index is 11.4. The topological polar surface area (TPSA) is 156 Å². The van der Waals surface area contributed by atoms with Crippen LogP contribution in [-0.4, -0.2) is 49.9 Å². The number of benzene rings is 2. The van der Waals surface area contributed by atoms with E-state index >= 15 is 0 Å². The number of fused-ring (bicyclic) bond motifs is 2. The van der Waals surface area contributed by atoms with Crippen LogP contribution in [0, 0.1) is 18.6 Å². The number of nitrogens with zero attached hydrogens (tertiary/aromatic N) is 7. The Morgan fingerprint density at radius 1 is 0.829 bits per heavy atom. The fourth-order valence-electron chi connectivity index (χ4n) is 3.71. The number of halogens is 1. The lowest BCUT2D eigenvalue weighted by Gasteiger charge is -2.02. The van der Waals surface area contributed by atoms with Crippen LogP contribution in [0.3, 0.4) is 0 Å². The van der Waals surface area contributed by atoms with Crippen molar-refractivity contribution in [1.82, 2.24) is 49.9 Å². The van der Waals surface area contributed by atoms with Crippen LogP contribution in [0.5, 0.6) is 0 Å². The van der Waals surface area contributed by atoms with Crippen LogP contribution in [0.15, 0.2) is 63.3 Å². The summed E-state index contributed by atoms with van der Waals surface area (Å²) in [5.41, 5.74) is 7.46. The van der Waals surface area contributed by atoms with Gasteiger partial charge in [-0.1, -0.05) is 50.3 Å². The Balaban J connectivity index is 0.000000156. The SMILES string of the molecule is Cc1cc(=O)[nH]c(=S)[nH]1.Cc1cc(=O)[nH]c(SCc2ccc3c(c2)nnn3C)n1.Cn1nnc2cc(CBr)ccc21. The van der Waals surface area contributed by atoms with E-state index in [4.69, 9.17) is 0 Å². The van der Waals surface area contributed by atoms with Crippen molar-refractivity contribution >= 4 is 62.0 Å². The summed E-state index contributed by atoms with van der Waals surface area (Å²) in [6.07, 6.45) is 0. The second-order valence-electron chi connectivity index (χ2n) is 8.96. The molecule has 2 aromatic carbocycles. The molecule has 4 heterocycles. The fourth-order valence-corrected chi connectivity index (χ4v) is 5.18. The van der Waals surface area contributed by atoms with Crippen LogP contribution in [0.4, 0.5) is 0 Å². The quantitative estimate of drug-likeness (QED) is 0.109. The Morgan fingerprint density at radius 2 is 1.41 bits per heavy atom.